The van der Waals surface area contributed by atoms with Crippen molar-refractivity contribution in [2.24, 2.45) is 0 Å². The Morgan fingerprint density at radius 1 is 0.923 bits per heavy atom. The average Bonchev–Trinajstić information content (AvgIpc) is 2.67. The summed E-state index contributed by atoms with van der Waals surface area (Å²) in [5.74, 6) is 1.45. The van der Waals surface area contributed by atoms with Crippen molar-refractivity contribution < 1.29 is 19.3 Å². The average molecular weight is 354 g/mol. The van der Waals surface area contributed by atoms with Crippen LogP contribution >= 0.6 is 0 Å². The van der Waals surface area contributed by atoms with Crippen LogP contribution in [0.25, 0.3) is 22.5 Å². The Balaban J connectivity index is 2.16. The molecule has 0 unspecified atom stereocenters. The van der Waals surface area contributed by atoms with Gasteiger partial charge >= 0.3 is 0 Å². The molecule has 0 spiro atoms. The Labute approximate surface area is 149 Å². The minimum Gasteiger partial charge on any atom is -0.508 e. The maximum Gasteiger partial charge on any atom is 0.274 e. The Hall–Kier alpha value is -3.48. The molecule has 1 heterocycles. The first-order valence-electron chi connectivity index (χ1n) is 7.77. The maximum atomic E-state index is 12.3. The predicted molar refractivity (Wildman–Crippen MR) is 97.1 cm³/mol. The second-order valence-electron chi connectivity index (χ2n) is 5.42. The zero-order valence-electron chi connectivity index (χ0n) is 14.6. The highest BCUT2D eigenvalue weighted by molar-refractivity contribution is 5.70. The molecule has 1 aromatic heterocycles. The van der Waals surface area contributed by atoms with Crippen LogP contribution in [-0.2, 0) is 0 Å². The van der Waals surface area contributed by atoms with E-state index in [1.54, 1.807) is 36.4 Å². The van der Waals surface area contributed by atoms with Crippen LogP contribution < -0.4 is 19.8 Å². The number of rotatable bonds is 5. The lowest BCUT2D eigenvalue weighted by Crippen LogP contribution is -2.11. The molecule has 0 atom stereocenters. The number of nitrogens with zero attached hydrogens (tertiary/aromatic N) is 1. The van der Waals surface area contributed by atoms with Crippen LogP contribution in [0.1, 0.15) is 0 Å². The summed E-state index contributed by atoms with van der Waals surface area (Å²) in [7, 11) is 4.52. The first kappa shape index (κ1) is 17.3. The molecule has 0 saturated carbocycles. The molecular formula is C19H18N2O5. The van der Waals surface area contributed by atoms with Crippen molar-refractivity contribution in [3.05, 3.63) is 52.9 Å². The summed E-state index contributed by atoms with van der Waals surface area (Å²) in [5, 5.41) is 9.43. The molecule has 2 aromatic carbocycles. The van der Waals surface area contributed by atoms with Crippen molar-refractivity contribution in [3.63, 3.8) is 0 Å². The highest BCUT2D eigenvalue weighted by atomic mass is 16.5. The van der Waals surface area contributed by atoms with E-state index in [0.29, 0.717) is 28.5 Å². The number of hydrogen-bond acceptors (Lipinski definition) is 6. The summed E-state index contributed by atoms with van der Waals surface area (Å²) in [6.07, 6.45) is 1.52. The molecule has 0 fully saturated rings. The Kier molecular flexibility index (Phi) is 4.79. The van der Waals surface area contributed by atoms with Crippen LogP contribution in [0.4, 0.5) is 0 Å². The third-order valence-corrected chi connectivity index (χ3v) is 3.89. The lowest BCUT2D eigenvalue weighted by atomic mass is 10.1. The van der Waals surface area contributed by atoms with Gasteiger partial charge in [-0.3, -0.25) is 4.79 Å². The molecule has 7 nitrogen and oxygen atoms in total. The van der Waals surface area contributed by atoms with Crippen LogP contribution in [0.2, 0.25) is 0 Å². The number of aromatic amines is 1. The number of benzene rings is 2. The lowest BCUT2D eigenvalue weighted by molar-refractivity contribution is 0.324. The van der Waals surface area contributed by atoms with E-state index in [1.807, 2.05) is 0 Å². The summed E-state index contributed by atoms with van der Waals surface area (Å²) < 4.78 is 16.0. The van der Waals surface area contributed by atoms with Crippen LogP contribution in [0.15, 0.2) is 47.4 Å². The molecule has 0 amide bonds. The number of methoxy groups -OCH3 is 3. The van der Waals surface area contributed by atoms with Gasteiger partial charge in [-0.15, -0.1) is 0 Å². The zero-order valence-corrected chi connectivity index (χ0v) is 14.6. The summed E-state index contributed by atoms with van der Waals surface area (Å²) >= 11 is 0. The summed E-state index contributed by atoms with van der Waals surface area (Å²) in [5.41, 5.74) is 1.72. The van der Waals surface area contributed by atoms with E-state index in [4.69, 9.17) is 14.2 Å². The molecule has 0 aliphatic heterocycles. The minimum atomic E-state index is -0.346. The van der Waals surface area contributed by atoms with Gasteiger partial charge in [0.05, 0.1) is 27.0 Å². The van der Waals surface area contributed by atoms with Crippen molar-refractivity contribution in [2.75, 3.05) is 21.3 Å². The molecule has 3 aromatic rings. The summed E-state index contributed by atoms with van der Waals surface area (Å²) in [6, 6.07) is 9.88. The topological polar surface area (TPSA) is 93.7 Å². The number of hydrogen-bond donors (Lipinski definition) is 2. The van der Waals surface area contributed by atoms with E-state index in [0.717, 1.165) is 5.56 Å². The number of aromatic hydroxyl groups is 1. The fraction of sp³-hybridized carbons (Fsp3) is 0.158. The largest absolute Gasteiger partial charge is 0.508 e. The smallest absolute Gasteiger partial charge is 0.274 e. The van der Waals surface area contributed by atoms with Crippen LogP contribution in [0.5, 0.6) is 23.0 Å². The lowest BCUT2D eigenvalue weighted by Gasteiger charge is -2.14. The molecule has 0 aliphatic carbocycles. The van der Waals surface area contributed by atoms with Crippen molar-refractivity contribution >= 4 is 0 Å². The minimum absolute atomic E-state index is 0.156. The SMILES string of the molecule is COc1cc(-c2nc(-c3ccc(O)cc3)c[nH]c2=O)cc(OC)c1OC. The number of nitrogens with one attached hydrogen (secondary N) is 1. The third-order valence-electron chi connectivity index (χ3n) is 3.89. The van der Waals surface area contributed by atoms with Crippen LogP contribution in [0.3, 0.4) is 0 Å². The first-order chi connectivity index (χ1) is 12.6. The monoisotopic (exact) mass is 354 g/mol. The molecular weight excluding hydrogens is 336 g/mol. The molecule has 0 bridgehead atoms. The van der Waals surface area contributed by atoms with Gasteiger partial charge in [-0.1, -0.05) is 0 Å². The standard InChI is InChI=1S/C19H18N2O5/c1-24-15-8-12(9-16(25-2)18(15)26-3)17-19(23)20-10-14(21-17)11-4-6-13(22)7-5-11/h4-10,22H,1-3H3,(H,20,23). The van der Waals surface area contributed by atoms with Crippen molar-refractivity contribution in [2.45, 2.75) is 0 Å². The highest BCUT2D eigenvalue weighted by Crippen LogP contribution is 2.40. The zero-order chi connectivity index (χ0) is 18.7. The number of aromatic nitrogens is 2. The van der Waals surface area contributed by atoms with Gasteiger partial charge in [0.25, 0.3) is 5.56 Å². The molecule has 3 rings (SSSR count). The quantitative estimate of drug-likeness (QED) is 0.732. The van der Waals surface area contributed by atoms with Crippen molar-refractivity contribution in [1.29, 1.82) is 0 Å². The van der Waals surface area contributed by atoms with Gasteiger partial charge in [-0.2, -0.15) is 0 Å². The Morgan fingerprint density at radius 2 is 1.54 bits per heavy atom. The number of phenolic OH excluding ortho intramolecular Hbond substituents is 1. The summed E-state index contributed by atoms with van der Waals surface area (Å²) in [6.45, 7) is 0. The van der Waals surface area contributed by atoms with Gasteiger partial charge in [-0.25, -0.2) is 4.98 Å². The number of H-pyrrole nitrogens is 1. The fourth-order valence-corrected chi connectivity index (χ4v) is 2.60. The molecule has 26 heavy (non-hydrogen) atoms. The number of phenols is 1. The van der Waals surface area contributed by atoms with Crippen molar-refractivity contribution in [3.8, 4) is 45.5 Å². The van der Waals surface area contributed by atoms with E-state index in [1.165, 1.54) is 27.5 Å². The van der Waals surface area contributed by atoms with Gasteiger partial charge in [0.2, 0.25) is 5.75 Å². The van der Waals surface area contributed by atoms with E-state index >= 15 is 0 Å². The van der Waals surface area contributed by atoms with E-state index in [-0.39, 0.29) is 17.0 Å². The van der Waals surface area contributed by atoms with Gasteiger partial charge in [-0.05, 0) is 36.4 Å². The van der Waals surface area contributed by atoms with E-state index < -0.39 is 0 Å². The molecule has 2 N–H and O–H groups in total. The van der Waals surface area contributed by atoms with Crippen molar-refractivity contribution in [1.82, 2.24) is 9.97 Å². The van der Waals surface area contributed by atoms with Gasteiger partial charge in [0.1, 0.15) is 11.4 Å². The van der Waals surface area contributed by atoms with E-state index in [9.17, 15) is 9.90 Å². The van der Waals surface area contributed by atoms with Gasteiger partial charge < -0.3 is 24.3 Å². The normalized spacial score (nSPS) is 10.4. The Morgan fingerprint density at radius 3 is 2.08 bits per heavy atom. The molecule has 0 saturated heterocycles. The van der Waals surface area contributed by atoms with Crippen LogP contribution in [0, 0.1) is 0 Å². The van der Waals surface area contributed by atoms with Gasteiger partial charge in [0, 0.05) is 17.3 Å². The fourth-order valence-electron chi connectivity index (χ4n) is 2.60. The third kappa shape index (κ3) is 3.19. The predicted octanol–water partition coefficient (Wildman–Crippen LogP) is 2.84. The molecule has 7 heteroatoms. The molecule has 0 aliphatic rings. The van der Waals surface area contributed by atoms with Crippen LogP contribution in [-0.4, -0.2) is 36.4 Å². The highest BCUT2D eigenvalue weighted by Gasteiger charge is 2.17. The first-order valence-corrected chi connectivity index (χ1v) is 7.77. The maximum absolute atomic E-state index is 12.3. The second kappa shape index (κ2) is 7.18. The second-order valence-corrected chi connectivity index (χ2v) is 5.42. The van der Waals surface area contributed by atoms with E-state index in [2.05, 4.69) is 9.97 Å². The van der Waals surface area contributed by atoms with Gasteiger partial charge in [0.15, 0.2) is 11.5 Å². The molecule has 134 valence electrons. The Bertz CT molecular complexity index is 955. The number of ether oxygens (including phenoxy) is 3. The molecule has 0 radical (unpaired) electrons. The summed E-state index contributed by atoms with van der Waals surface area (Å²) in [4.78, 5) is 19.5.